The third-order valence-corrected chi connectivity index (χ3v) is 5.43. The van der Waals surface area contributed by atoms with Gasteiger partial charge in [0, 0.05) is 18.8 Å². The monoisotopic (exact) mass is 407 g/mol. The zero-order valence-corrected chi connectivity index (χ0v) is 17.1. The molecule has 0 spiro atoms. The van der Waals surface area contributed by atoms with Gasteiger partial charge in [0.15, 0.2) is 0 Å². The SMILES string of the molecule is CC(C)C(C(=O)NCc1ccc(OCC2CC2)nc1)N1C(=O)c2ccccc2C1=O. The first-order valence-corrected chi connectivity index (χ1v) is 10.3. The van der Waals surface area contributed by atoms with Crippen LogP contribution in [0.5, 0.6) is 5.88 Å². The number of fused-ring (bicyclic) bond motifs is 1. The Morgan fingerprint density at radius 3 is 2.33 bits per heavy atom. The van der Waals surface area contributed by atoms with Gasteiger partial charge in [-0.1, -0.05) is 32.0 Å². The van der Waals surface area contributed by atoms with Gasteiger partial charge in [-0.05, 0) is 42.4 Å². The fraction of sp³-hybridized carbons (Fsp3) is 0.391. The van der Waals surface area contributed by atoms with Crippen LogP contribution in [-0.2, 0) is 11.3 Å². The zero-order chi connectivity index (χ0) is 21.3. The number of nitrogens with one attached hydrogen (secondary N) is 1. The molecule has 0 saturated heterocycles. The molecule has 156 valence electrons. The average Bonchev–Trinajstić information content (AvgIpc) is 3.54. The molecule has 1 aliphatic heterocycles. The molecule has 1 saturated carbocycles. The molecule has 1 atom stereocenters. The number of carbonyl (C=O) groups is 3. The third-order valence-electron chi connectivity index (χ3n) is 5.43. The van der Waals surface area contributed by atoms with E-state index < -0.39 is 17.9 Å². The Labute approximate surface area is 175 Å². The summed E-state index contributed by atoms with van der Waals surface area (Å²) >= 11 is 0. The second-order valence-electron chi connectivity index (χ2n) is 8.19. The topological polar surface area (TPSA) is 88.6 Å². The molecule has 1 unspecified atom stereocenters. The van der Waals surface area contributed by atoms with Gasteiger partial charge in [-0.3, -0.25) is 19.3 Å². The molecule has 1 fully saturated rings. The van der Waals surface area contributed by atoms with E-state index in [9.17, 15) is 14.4 Å². The lowest BCUT2D eigenvalue weighted by atomic mass is 10.0. The van der Waals surface area contributed by atoms with E-state index in [2.05, 4.69) is 10.3 Å². The van der Waals surface area contributed by atoms with E-state index in [0.29, 0.717) is 29.5 Å². The lowest BCUT2D eigenvalue weighted by Crippen LogP contribution is -2.52. The van der Waals surface area contributed by atoms with Gasteiger partial charge in [-0.2, -0.15) is 0 Å². The normalized spacial score (nSPS) is 16.6. The van der Waals surface area contributed by atoms with E-state index in [1.807, 2.05) is 19.9 Å². The lowest BCUT2D eigenvalue weighted by Gasteiger charge is -2.28. The van der Waals surface area contributed by atoms with Crippen LogP contribution in [0.1, 0.15) is 53.0 Å². The third kappa shape index (κ3) is 4.06. The smallest absolute Gasteiger partial charge is 0.262 e. The molecule has 2 heterocycles. The molecule has 7 nitrogen and oxygen atoms in total. The van der Waals surface area contributed by atoms with Gasteiger partial charge in [0.1, 0.15) is 6.04 Å². The van der Waals surface area contributed by atoms with Crippen LogP contribution in [0.2, 0.25) is 0 Å². The number of benzene rings is 1. The number of carbonyl (C=O) groups excluding carboxylic acids is 3. The maximum absolute atomic E-state index is 12.9. The van der Waals surface area contributed by atoms with Crippen LogP contribution in [-0.4, -0.2) is 40.3 Å². The summed E-state index contributed by atoms with van der Waals surface area (Å²) in [6.45, 7) is 4.59. The fourth-order valence-electron chi connectivity index (χ4n) is 3.56. The molecule has 4 rings (SSSR count). The van der Waals surface area contributed by atoms with E-state index in [1.54, 1.807) is 36.5 Å². The molecular formula is C23H25N3O4. The molecule has 0 bridgehead atoms. The van der Waals surface area contributed by atoms with Crippen molar-refractivity contribution < 1.29 is 19.1 Å². The molecule has 30 heavy (non-hydrogen) atoms. The van der Waals surface area contributed by atoms with Crippen LogP contribution in [0.25, 0.3) is 0 Å². The van der Waals surface area contributed by atoms with E-state index >= 15 is 0 Å². The van der Waals surface area contributed by atoms with Crippen LogP contribution in [0.3, 0.4) is 0 Å². The van der Waals surface area contributed by atoms with E-state index in [-0.39, 0.29) is 18.4 Å². The molecule has 1 aromatic heterocycles. The van der Waals surface area contributed by atoms with E-state index in [1.165, 1.54) is 12.8 Å². The maximum atomic E-state index is 12.9. The van der Waals surface area contributed by atoms with Crippen LogP contribution in [0.15, 0.2) is 42.6 Å². The maximum Gasteiger partial charge on any atom is 0.262 e. The van der Waals surface area contributed by atoms with Crippen LogP contribution in [0, 0.1) is 11.8 Å². The second-order valence-corrected chi connectivity index (χ2v) is 8.19. The first kappa shape index (κ1) is 20.1. The van der Waals surface area contributed by atoms with Crippen LogP contribution >= 0.6 is 0 Å². The minimum absolute atomic E-state index is 0.233. The van der Waals surface area contributed by atoms with Gasteiger partial charge < -0.3 is 10.1 Å². The van der Waals surface area contributed by atoms with Crippen LogP contribution in [0.4, 0.5) is 0 Å². The molecule has 0 radical (unpaired) electrons. The number of nitrogens with zero attached hydrogens (tertiary/aromatic N) is 2. The summed E-state index contributed by atoms with van der Waals surface area (Å²) in [4.78, 5) is 43.9. The molecule has 1 aliphatic carbocycles. The Kier molecular flexibility index (Phi) is 5.53. The van der Waals surface area contributed by atoms with Crippen LogP contribution < -0.4 is 10.1 Å². The predicted octanol–water partition coefficient (Wildman–Crippen LogP) is 2.81. The van der Waals surface area contributed by atoms with Crippen molar-refractivity contribution in [2.24, 2.45) is 11.8 Å². The molecular weight excluding hydrogens is 382 g/mol. The summed E-state index contributed by atoms with van der Waals surface area (Å²) in [5, 5.41) is 2.84. The second kappa shape index (κ2) is 8.26. The van der Waals surface area contributed by atoms with Crippen molar-refractivity contribution >= 4 is 17.7 Å². The van der Waals surface area contributed by atoms with Crippen molar-refractivity contribution in [3.8, 4) is 5.88 Å². The first-order chi connectivity index (χ1) is 14.5. The predicted molar refractivity (Wildman–Crippen MR) is 110 cm³/mol. The van der Waals surface area contributed by atoms with Crippen molar-refractivity contribution in [1.82, 2.24) is 15.2 Å². The van der Waals surface area contributed by atoms with E-state index in [0.717, 1.165) is 10.5 Å². The Morgan fingerprint density at radius 1 is 1.13 bits per heavy atom. The number of pyridine rings is 1. The highest BCUT2D eigenvalue weighted by Gasteiger charge is 2.43. The van der Waals surface area contributed by atoms with E-state index in [4.69, 9.17) is 4.74 Å². The Bertz CT molecular complexity index is 932. The fourth-order valence-corrected chi connectivity index (χ4v) is 3.56. The molecule has 7 heteroatoms. The van der Waals surface area contributed by atoms with Gasteiger partial charge in [0.2, 0.25) is 11.8 Å². The van der Waals surface area contributed by atoms with Crippen molar-refractivity contribution in [1.29, 1.82) is 0 Å². The summed E-state index contributed by atoms with van der Waals surface area (Å²) in [6.07, 6.45) is 4.09. The molecule has 2 aliphatic rings. The molecule has 3 amide bonds. The van der Waals surface area contributed by atoms with Crippen molar-refractivity contribution in [2.45, 2.75) is 39.3 Å². The number of hydrogen-bond donors (Lipinski definition) is 1. The number of ether oxygens (including phenoxy) is 1. The van der Waals surface area contributed by atoms with Crippen molar-refractivity contribution in [2.75, 3.05) is 6.61 Å². The highest BCUT2D eigenvalue weighted by molar-refractivity contribution is 6.22. The Hall–Kier alpha value is -3.22. The summed E-state index contributed by atoms with van der Waals surface area (Å²) in [6, 6.07) is 9.40. The summed E-state index contributed by atoms with van der Waals surface area (Å²) in [5.41, 5.74) is 1.49. The van der Waals surface area contributed by atoms with Gasteiger partial charge in [0.25, 0.3) is 11.8 Å². The van der Waals surface area contributed by atoms with Gasteiger partial charge >= 0.3 is 0 Å². The summed E-state index contributed by atoms with van der Waals surface area (Å²) in [5.74, 6) is -0.229. The van der Waals surface area contributed by atoms with Gasteiger partial charge in [0.05, 0.1) is 17.7 Å². The standard InChI is InChI=1S/C23H25N3O4/c1-14(2)20(26-22(28)17-5-3-4-6-18(17)23(26)29)21(27)25-12-16-9-10-19(24-11-16)30-13-15-7-8-15/h3-6,9-11,14-15,20H,7-8,12-13H2,1-2H3,(H,25,27). The lowest BCUT2D eigenvalue weighted by molar-refractivity contribution is -0.126. The van der Waals surface area contributed by atoms with Crippen molar-refractivity contribution in [3.63, 3.8) is 0 Å². The number of imide groups is 1. The largest absolute Gasteiger partial charge is 0.477 e. The highest BCUT2D eigenvalue weighted by Crippen LogP contribution is 2.29. The summed E-state index contributed by atoms with van der Waals surface area (Å²) < 4.78 is 5.62. The number of amides is 3. The average molecular weight is 407 g/mol. The van der Waals surface area contributed by atoms with Gasteiger partial charge in [-0.15, -0.1) is 0 Å². The number of aromatic nitrogens is 1. The minimum Gasteiger partial charge on any atom is -0.477 e. The Balaban J connectivity index is 1.40. The van der Waals surface area contributed by atoms with Crippen molar-refractivity contribution in [3.05, 3.63) is 59.3 Å². The zero-order valence-electron chi connectivity index (χ0n) is 17.1. The highest BCUT2D eigenvalue weighted by atomic mass is 16.5. The number of rotatable bonds is 8. The van der Waals surface area contributed by atoms with Gasteiger partial charge in [-0.25, -0.2) is 4.98 Å². The Morgan fingerprint density at radius 2 is 1.80 bits per heavy atom. The molecule has 1 N–H and O–H groups in total. The minimum atomic E-state index is -0.883. The molecule has 1 aromatic carbocycles. The molecule has 2 aromatic rings. The quantitative estimate of drug-likeness (QED) is 0.680. The number of hydrogen-bond acceptors (Lipinski definition) is 5. The summed E-state index contributed by atoms with van der Waals surface area (Å²) in [7, 11) is 0. The first-order valence-electron chi connectivity index (χ1n) is 10.3.